The summed E-state index contributed by atoms with van der Waals surface area (Å²) >= 11 is 0. The van der Waals surface area contributed by atoms with Gasteiger partial charge in [-0.3, -0.25) is 0 Å². The van der Waals surface area contributed by atoms with Gasteiger partial charge >= 0.3 is 5.97 Å². The number of hydrogen-bond donors (Lipinski definition) is 0. The van der Waals surface area contributed by atoms with Crippen LogP contribution in [0.4, 0.5) is 22.0 Å². The number of benzene rings is 2. The van der Waals surface area contributed by atoms with Crippen molar-refractivity contribution in [2.24, 2.45) is 0 Å². The first-order valence-corrected chi connectivity index (χ1v) is 10.2. The van der Waals surface area contributed by atoms with Crippen LogP contribution in [0.2, 0.25) is 0 Å². The predicted octanol–water partition coefficient (Wildman–Crippen LogP) is 7.46. The molecule has 0 N–H and O–H groups in total. The van der Waals surface area contributed by atoms with Crippen LogP contribution in [0, 0.1) is 29.1 Å². The first kappa shape index (κ1) is 23.8. The van der Waals surface area contributed by atoms with Gasteiger partial charge in [0.05, 0.1) is 0 Å². The molecule has 1 aliphatic rings. The van der Waals surface area contributed by atoms with Gasteiger partial charge in [0.1, 0.15) is 22.9 Å². The minimum atomic E-state index is -1.74. The molecule has 0 unspecified atom stereocenters. The largest absolute Gasteiger partial charge is 0.423 e. The second kappa shape index (κ2) is 11.1. The molecule has 0 heterocycles. The van der Waals surface area contributed by atoms with Crippen molar-refractivity contribution in [3.63, 3.8) is 0 Å². The molecule has 3 rings (SSSR count). The van der Waals surface area contributed by atoms with Crippen molar-refractivity contribution in [1.82, 2.24) is 0 Å². The van der Waals surface area contributed by atoms with Gasteiger partial charge in [0.25, 0.3) is 0 Å². The van der Waals surface area contributed by atoms with Crippen molar-refractivity contribution in [3.05, 3.63) is 64.5 Å². The lowest BCUT2D eigenvalue weighted by Crippen LogP contribution is -2.15. The van der Waals surface area contributed by atoms with Crippen LogP contribution < -0.4 is 4.74 Å². The standard InChI is InChI=1S/C21H19F5O2.C2H6/c22-15-8-13(12-6-4-2-1-3-5-7-12)9-16(23)19(15)21(27)28-14-10-17(24)20(26)18(25)11-14;1-2/h8-12H,1-7H2;1-2H3. The minimum absolute atomic E-state index is 0.00895. The molecule has 1 fully saturated rings. The van der Waals surface area contributed by atoms with Gasteiger partial charge in [-0.15, -0.1) is 0 Å². The molecular weight excluding hydrogens is 403 g/mol. The SMILES string of the molecule is CC.O=C(Oc1cc(F)c(F)c(F)c1)c1c(F)cc(C2CCCCCCC2)cc1F. The number of esters is 1. The van der Waals surface area contributed by atoms with Crippen molar-refractivity contribution in [3.8, 4) is 5.75 Å². The zero-order valence-electron chi connectivity index (χ0n) is 17.0. The van der Waals surface area contributed by atoms with Crippen molar-refractivity contribution in [1.29, 1.82) is 0 Å². The lowest BCUT2D eigenvalue weighted by molar-refractivity contribution is 0.0723. The summed E-state index contributed by atoms with van der Waals surface area (Å²) < 4.78 is 73.0. The first-order valence-electron chi connectivity index (χ1n) is 10.2. The van der Waals surface area contributed by atoms with E-state index in [0.717, 1.165) is 57.1 Å². The summed E-state index contributed by atoms with van der Waals surface area (Å²) in [4.78, 5) is 12.1. The van der Waals surface area contributed by atoms with Gasteiger partial charge in [-0.05, 0) is 36.5 Å². The Morgan fingerprint density at radius 1 is 0.767 bits per heavy atom. The molecule has 7 heteroatoms. The molecule has 2 nitrogen and oxygen atoms in total. The highest BCUT2D eigenvalue weighted by Crippen LogP contribution is 2.33. The number of rotatable bonds is 3. The maximum Gasteiger partial charge on any atom is 0.349 e. The highest BCUT2D eigenvalue weighted by Gasteiger charge is 2.24. The van der Waals surface area contributed by atoms with E-state index in [9.17, 15) is 26.7 Å². The molecule has 0 radical (unpaired) electrons. The van der Waals surface area contributed by atoms with E-state index in [1.54, 1.807) is 0 Å². The molecule has 0 atom stereocenters. The minimum Gasteiger partial charge on any atom is -0.423 e. The summed E-state index contributed by atoms with van der Waals surface area (Å²) in [5, 5.41) is 0. The number of hydrogen-bond acceptors (Lipinski definition) is 2. The highest BCUT2D eigenvalue weighted by atomic mass is 19.2. The Morgan fingerprint density at radius 2 is 1.23 bits per heavy atom. The molecule has 0 amide bonds. The number of halogens is 5. The van der Waals surface area contributed by atoms with Gasteiger partial charge < -0.3 is 4.74 Å². The zero-order chi connectivity index (χ0) is 22.3. The Bertz CT molecular complexity index is 828. The van der Waals surface area contributed by atoms with Crippen molar-refractivity contribution in [2.45, 2.75) is 64.7 Å². The number of carbonyl (C=O) groups is 1. The van der Waals surface area contributed by atoms with Crippen LogP contribution in [-0.2, 0) is 0 Å². The van der Waals surface area contributed by atoms with Crippen LogP contribution in [0.3, 0.4) is 0 Å². The molecule has 0 aromatic heterocycles. The summed E-state index contributed by atoms with van der Waals surface area (Å²) in [6.07, 6.45) is 6.89. The van der Waals surface area contributed by atoms with Gasteiger partial charge in [0.15, 0.2) is 17.5 Å². The molecule has 0 saturated heterocycles. The summed E-state index contributed by atoms with van der Waals surface area (Å²) in [5.74, 6) is -9.24. The maximum absolute atomic E-state index is 14.5. The van der Waals surface area contributed by atoms with Gasteiger partial charge in [0.2, 0.25) is 0 Å². The van der Waals surface area contributed by atoms with Crippen molar-refractivity contribution >= 4 is 5.97 Å². The summed E-state index contributed by atoms with van der Waals surface area (Å²) in [5.41, 5.74) is -0.480. The summed E-state index contributed by atoms with van der Waals surface area (Å²) in [6, 6.07) is 3.07. The van der Waals surface area contributed by atoms with Crippen LogP contribution in [0.25, 0.3) is 0 Å². The van der Waals surface area contributed by atoms with Crippen LogP contribution in [0.15, 0.2) is 24.3 Å². The Labute approximate surface area is 173 Å². The van der Waals surface area contributed by atoms with Crippen molar-refractivity contribution < 1.29 is 31.5 Å². The Balaban J connectivity index is 0.00000155. The highest BCUT2D eigenvalue weighted by molar-refractivity contribution is 5.91. The van der Waals surface area contributed by atoms with E-state index < -0.39 is 46.4 Å². The lowest BCUT2D eigenvalue weighted by atomic mass is 9.85. The molecule has 1 saturated carbocycles. The van der Waals surface area contributed by atoms with Crippen LogP contribution in [-0.4, -0.2) is 5.97 Å². The molecule has 0 aliphatic heterocycles. The van der Waals surface area contributed by atoms with Crippen LogP contribution in [0.5, 0.6) is 5.75 Å². The van der Waals surface area contributed by atoms with E-state index in [4.69, 9.17) is 0 Å². The predicted molar refractivity (Wildman–Crippen MR) is 104 cm³/mol. The van der Waals surface area contributed by atoms with E-state index in [1.807, 2.05) is 13.8 Å². The fourth-order valence-electron chi connectivity index (χ4n) is 3.56. The third-order valence-corrected chi connectivity index (χ3v) is 5.01. The van der Waals surface area contributed by atoms with E-state index in [1.165, 1.54) is 0 Å². The van der Waals surface area contributed by atoms with Gasteiger partial charge in [-0.25, -0.2) is 26.7 Å². The van der Waals surface area contributed by atoms with Gasteiger partial charge in [0, 0.05) is 12.1 Å². The normalized spacial score (nSPS) is 14.9. The fourth-order valence-corrected chi connectivity index (χ4v) is 3.56. The average molecular weight is 428 g/mol. The third-order valence-electron chi connectivity index (χ3n) is 5.01. The third kappa shape index (κ3) is 5.80. The molecule has 1 aliphatic carbocycles. The van der Waals surface area contributed by atoms with E-state index in [-0.39, 0.29) is 5.92 Å². The van der Waals surface area contributed by atoms with E-state index in [2.05, 4.69) is 4.74 Å². The molecule has 2 aromatic carbocycles. The molecule has 0 spiro atoms. The topological polar surface area (TPSA) is 26.3 Å². The molecule has 164 valence electrons. The lowest BCUT2D eigenvalue weighted by Gasteiger charge is -2.20. The fraction of sp³-hybridized carbons (Fsp3) is 0.435. The molecule has 0 bridgehead atoms. The zero-order valence-corrected chi connectivity index (χ0v) is 17.0. The second-order valence-corrected chi connectivity index (χ2v) is 6.99. The maximum atomic E-state index is 14.5. The first-order chi connectivity index (χ1) is 14.4. The Hall–Kier alpha value is -2.44. The summed E-state index contributed by atoms with van der Waals surface area (Å²) in [7, 11) is 0. The van der Waals surface area contributed by atoms with E-state index in [0.29, 0.717) is 17.7 Å². The van der Waals surface area contributed by atoms with Gasteiger partial charge in [-0.1, -0.05) is 46.0 Å². The van der Waals surface area contributed by atoms with Crippen LogP contribution in [0.1, 0.15) is 80.6 Å². The summed E-state index contributed by atoms with van der Waals surface area (Å²) in [6.45, 7) is 4.00. The van der Waals surface area contributed by atoms with Gasteiger partial charge in [-0.2, -0.15) is 0 Å². The second-order valence-electron chi connectivity index (χ2n) is 6.99. The molecule has 30 heavy (non-hydrogen) atoms. The Kier molecular flexibility index (Phi) is 8.81. The number of ether oxygens (including phenoxy) is 1. The van der Waals surface area contributed by atoms with Crippen molar-refractivity contribution in [2.75, 3.05) is 0 Å². The molecule has 2 aromatic rings. The number of carbonyl (C=O) groups excluding carboxylic acids is 1. The van der Waals surface area contributed by atoms with E-state index >= 15 is 0 Å². The Morgan fingerprint density at radius 3 is 1.73 bits per heavy atom. The smallest absolute Gasteiger partial charge is 0.349 e. The monoisotopic (exact) mass is 428 g/mol. The van der Waals surface area contributed by atoms with Crippen LogP contribution >= 0.6 is 0 Å². The average Bonchev–Trinajstić information content (AvgIpc) is 2.66. The molecular formula is C23H25F5O2. The quantitative estimate of drug-likeness (QED) is 0.220.